The van der Waals surface area contributed by atoms with E-state index < -0.39 is 17.5 Å². The predicted molar refractivity (Wildman–Crippen MR) is 66.3 cm³/mol. The number of halogens is 3. The Hall–Kier alpha value is -1.27. The minimum atomic E-state index is -0.797. The van der Waals surface area contributed by atoms with Crippen LogP contribution in [0.25, 0.3) is 0 Å². The number of nitrogens with one attached hydrogen (secondary N) is 1. The van der Waals surface area contributed by atoms with E-state index in [2.05, 4.69) is 21.2 Å². The van der Waals surface area contributed by atoms with Crippen molar-refractivity contribution >= 4 is 38.9 Å². The lowest BCUT2D eigenvalue weighted by Crippen LogP contribution is -2.11. The van der Waals surface area contributed by atoms with E-state index in [4.69, 9.17) is 0 Å². The van der Waals surface area contributed by atoms with Crippen molar-refractivity contribution in [2.24, 2.45) is 0 Å². The molecule has 88 valence electrons. The molecule has 0 saturated carbocycles. The monoisotopic (exact) mass is 317 g/mol. The highest BCUT2D eigenvalue weighted by atomic mass is 79.9. The number of hydrogen-bond donors (Lipinski definition) is 1. The van der Waals surface area contributed by atoms with Gasteiger partial charge in [-0.15, -0.1) is 11.3 Å². The Labute approximate surface area is 108 Å². The molecule has 0 saturated heterocycles. The molecular formula is C11H6BrF2NOS. The van der Waals surface area contributed by atoms with Crippen LogP contribution >= 0.6 is 27.3 Å². The summed E-state index contributed by atoms with van der Waals surface area (Å²) in [7, 11) is 0. The molecule has 1 amide bonds. The molecule has 0 aliphatic heterocycles. The third-order valence-electron chi connectivity index (χ3n) is 1.98. The van der Waals surface area contributed by atoms with Crippen LogP contribution in [0.3, 0.4) is 0 Å². The summed E-state index contributed by atoms with van der Waals surface area (Å²) in [5, 5.41) is 2.38. The Bertz CT molecular complexity index is 570. The van der Waals surface area contributed by atoms with Gasteiger partial charge in [0.15, 0.2) is 0 Å². The first-order valence-electron chi connectivity index (χ1n) is 4.58. The summed E-state index contributed by atoms with van der Waals surface area (Å²) in [6, 6.07) is 6.33. The molecule has 6 heteroatoms. The molecule has 1 N–H and O–H groups in total. The zero-order chi connectivity index (χ0) is 12.4. The maximum absolute atomic E-state index is 13.3. The SMILES string of the molecule is O=C(Nc1ccc(F)cc1F)c1ccc(Br)s1. The van der Waals surface area contributed by atoms with Crippen LogP contribution < -0.4 is 5.32 Å². The van der Waals surface area contributed by atoms with Crippen molar-refractivity contribution < 1.29 is 13.6 Å². The van der Waals surface area contributed by atoms with Gasteiger partial charge in [-0.25, -0.2) is 8.78 Å². The van der Waals surface area contributed by atoms with E-state index >= 15 is 0 Å². The third-order valence-corrected chi connectivity index (χ3v) is 3.60. The van der Waals surface area contributed by atoms with Gasteiger partial charge in [-0.1, -0.05) is 0 Å². The third kappa shape index (κ3) is 2.89. The molecule has 0 unspecified atom stereocenters. The van der Waals surface area contributed by atoms with Gasteiger partial charge >= 0.3 is 0 Å². The molecule has 0 radical (unpaired) electrons. The molecule has 2 aromatic rings. The number of rotatable bonds is 2. The Balaban J connectivity index is 2.18. The van der Waals surface area contributed by atoms with Crippen molar-refractivity contribution in [2.45, 2.75) is 0 Å². The van der Waals surface area contributed by atoms with Crippen molar-refractivity contribution in [1.29, 1.82) is 0 Å². The van der Waals surface area contributed by atoms with Crippen molar-refractivity contribution in [3.05, 3.63) is 50.6 Å². The fraction of sp³-hybridized carbons (Fsp3) is 0. The summed E-state index contributed by atoms with van der Waals surface area (Å²) in [6.07, 6.45) is 0. The molecule has 0 bridgehead atoms. The first kappa shape index (κ1) is 12.2. The molecule has 0 atom stereocenters. The van der Waals surface area contributed by atoms with Crippen LogP contribution in [0.4, 0.5) is 14.5 Å². The Morgan fingerprint density at radius 3 is 2.59 bits per heavy atom. The first-order valence-corrected chi connectivity index (χ1v) is 6.19. The van der Waals surface area contributed by atoms with Gasteiger partial charge in [0, 0.05) is 6.07 Å². The molecule has 1 aromatic heterocycles. The number of benzene rings is 1. The fourth-order valence-corrected chi connectivity index (χ4v) is 2.49. The highest BCUT2D eigenvalue weighted by Gasteiger charge is 2.11. The second kappa shape index (κ2) is 4.93. The maximum atomic E-state index is 13.3. The maximum Gasteiger partial charge on any atom is 0.265 e. The van der Waals surface area contributed by atoms with E-state index in [1.54, 1.807) is 12.1 Å². The van der Waals surface area contributed by atoms with Crippen molar-refractivity contribution in [2.75, 3.05) is 5.32 Å². The van der Waals surface area contributed by atoms with Crippen molar-refractivity contribution in [3.63, 3.8) is 0 Å². The molecule has 0 aliphatic carbocycles. The normalized spacial score (nSPS) is 10.3. The minimum absolute atomic E-state index is 0.0408. The van der Waals surface area contributed by atoms with Gasteiger partial charge in [0.2, 0.25) is 0 Å². The van der Waals surface area contributed by atoms with Crippen LogP contribution in [0.1, 0.15) is 9.67 Å². The van der Waals surface area contributed by atoms with Gasteiger partial charge < -0.3 is 5.32 Å². The second-order valence-corrected chi connectivity index (χ2v) is 5.65. The number of hydrogen-bond acceptors (Lipinski definition) is 2. The Morgan fingerprint density at radius 1 is 1.24 bits per heavy atom. The smallest absolute Gasteiger partial charge is 0.265 e. The number of amides is 1. The Kier molecular flexibility index (Phi) is 3.54. The molecule has 2 rings (SSSR count). The van der Waals surface area contributed by atoms with Crippen molar-refractivity contribution in [1.82, 2.24) is 0 Å². The average Bonchev–Trinajstić information content (AvgIpc) is 2.69. The summed E-state index contributed by atoms with van der Waals surface area (Å²) in [5.74, 6) is -1.90. The van der Waals surface area contributed by atoms with Gasteiger partial charge in [0.25, 0.3) is 5.91 Å². The zero-order valence-corrected chi connectivity index (χ0v) is 10.7. The molecule has 0 fully saturated rings. The van der Waals surface area contributed by atoms with E-state index in [0.717, 1.165) is 15.9 Å². The lowest BCUT2D eigenvalue weighted by atomic mass is 10.3. The van der Waals surface area contributed by atoms with Gasteiger partial charge in [0.1, 0.15) is 11.6 Å². The predicted octanol–water partition coefficient (Wildman–Crippen LogP) is 4.04. The largest absolute Gasteiger partial charge is 0.319 e. The molecule has 1 aromatic carbocycles. The topological polar surface area (TPSA) is 29.1 Å². The van der Waals surface area contributed by atoms with E-state index in [-0.39, 0.29) is 5.69 Å². The van der Waals surface area contributed by atoms with E-state index in [0.29, 0.717) is 4.88 Å². The standard InChI is InChI=1S/C11H6BrF2NOS/c12-10-4-3-9(17-10)11(16)15-8-2-1-6(13)5-7(8)14/h1-5H,(H,15,16). The van der Waals surface area contributed by atoms with Crippen LogP contribution in [0.2, 0.25) is 0 Å². The summed E-state index contributed by atoms with van der Waals surface area (Å²) < 4.78 is 26.7. The Morgan fingerprint density at radius 2 is 2.00 bits per heavy atom. The number of carbonyl (C=O) groups excluding carboxylic acids is 1. The van der Waals surface area contributed by atoms with Crippen LogP contribution in [0, 0.1) is 11.6 Å². The fourth-order valence-electron chi connectivity index (χ4n) is 1.21. The lowest BCUT2D eigenvalue weighted by molar-refractivity contribution is 0.103. The van der Waals surface area contributed by atoms with Gasteiger partial charge in [-0.05, 0) is 40.2 Å². The molecule has 1 heterocycles. The highest BCUT2D eigenvalue weighted by Crippen LogP contribution is 2.23. The molecule has 17 heavy (non-hydrogen) atoms. The average molecular weight is 318 g/mol. The molecule has 0 spiro atoms. The summed E-state index contributed by atoms with van der Waals surface area (Å²) in [6.45, 7) is 0. The van der Waals surface area contributed by atoms with Crippen LogP contribution in [0.5, 0.6) is 0 Å². The first-order chi connectivity index (χ1) is 8.06. The highest BCUT2D eigenvalue weighted by molar-refractivity contribution is 9.11. The quantitative estimate of drug-likeness (QED) is 0.889. The second-order valence-electron chi connectivity index (χ2n) is 3.18. The van der Waals surface area contributed by atoms with Crippen LogP contribution in [-0.2, 0) is 0 Å². The number of carbonyl (C=O) groups is 1. The van der Waals surface area contributed by atoms with Crippen LogP contribution in [-0.4, -0.2) is 5.91 Å². The van der Waals surface area contributed by atoms with E-state index in [1.807, 2.05) is 0 Å². The van der Waals surface area contributed by atoms with Crippen LogP contribution in [0.15, 0.2) is 34.1 Å². The summed E-state index contributed by atoms with van der Waals surface area (Å²) in [5.41, 5.74) is -0.0408. The molecule has 0 aliphatic rings. The molecular weight excluding hydrogens is 312 g/mol. The number of thiophene rings is 1. The van der Waals surface area contributed by atoms with Crippen molar-refractivity contribution in [3.8, 4) is 0 Å². The zero-order valence-electron chi connectivity index (χ0n) is 8.34. The lowest BCUT2D eigenvalue weighted by Gasteiger charge is -2.04. The minimum Gasteiger partial charge on any atom is -0.319 e. The molecule has 2 nitrogen and oxygen atoms in total. The van der Waals surface area contributed by atoms with Gasteiger partial charge in [0.05, 0.1) is 14.4 Å². The van der Waals surface area contributed by atoms with Gasteiger partial charge in [-0.3, -0.25) is 4.79 Å². The van der Waals surface area contributed by atoms with E-state index in [9.17, 15) is 13.6 Å². The van der Waals surface area contributed by atoms with Gasteiger partial charge in [-0.2, -0.15) is 0 Å². The summed E-state index contributed by atoms with van der Waals surface area (Å²) >= 11 is 4.46. The number of anilines is 1. The van der Waals surface area contributed by atoms with E-state index in [1.165, 1.54) is 17.4 Å². The summed E-state index contributed by atoms with van der Waals surface area (Å²) in [4.78, 5) is 12.1.